The van der Waals surface area contributed by atoms with Gasteiger partial charge < -0.3 is 15.5 Å². The van der Waals surface area contributed by atoms with Crippen molar-refractivity contribution in [3.8, 4) is 0 Å². The number of anilines is 2. The molecule has 1 aromatic rings. The zero-order valence-corrected chi connectivity index (χ0v) is 10.4. The lowest BCUT2D eigenvalue weighted by Gasteiger charge is -2.25. The Balaban J connectivity index is 2.40. The van der Waals surface area contributed by atoms with Crippen LogP contribution < -0.4 is 15.5 Å². The summed E-state index contributed by atoms with van der Waals surface area (Å²) >= 11 is 6.07. The van der Waals surface area contributed by atoms with Crippen LogP contribution in [0.2, 0.25) is 5.02 Å². The van der Waals surface area contributed by atoms with Gasteiger partial charge in [0.2, 0.25) is 0 Å². The van der Waals surface area contributed by atoms with E-state index in [1.165, 1.54) is 11.4 Å². The van der Waals surface area contributed by atoms with E-state index >= 15 is 0 Å². The fourth-order valence-electron chi connectivity index (χ4n) is 2.20. The second kappa shape index (κ2) is 4.93. The molecule has 0 aliphatic carbocycles. The van der Waals surface area contributed by atoms with Crippen molar-refractivity contribution in [2.24, 2.45) is 5.73 Å². The van der Waals surface area contributed by atoms with Crippen LogP contribution in [0.25, 0.3) is 0 Å². The van der Waals surface area contributed by atoms with Crippen molar-refractivity contribution in [2.75, 3.05) is 43.0 Å². The number of hydrogen-bond donors (Lipinski definition) is 1. The molecule has 3 nitrogen and oxygen atoms in total. The number of benzene rings is 1. The molecule has 0 radical (unpaired) electrons. The van der Waals surface area contributed by atoms with Crippen molar-refractivity contribution in [3.05, 3.63) is 23.2 Å². The highest BCUT2D eigenvalue weighted by atomic mass is 35.5. The molecule has 16 heavy (non-hydrogen) atoms. The number of halogens is 1. The third-order valence-electron chi connectivity index (χ3n) is 3.01. The van der Waals surface area contributed by atoms with Gasteiger partial charge in [-0.1, -0.05) is 11.6 Å². The molecule has 4 heteroatoms. The van der Waals surface area contributed by atoms with E-state index in [0.29, 0.717) is 6.54 Å². The van der Waals surface area contributed by atoms with E-state index in [1.54, 1.807) is 0 Å². The van der Waals surface area contributed by atoms with Gasteiger partial charge in [-0.3, -0.25) is 0 Å². The van der Waals surface area contributed by atoms with Gasteiger partial charge in [0, 0.05) is 38.2 Å². The predicted molar refractivity (Wildman–Crippen MR) is 70.6 cm³/mol. The van der Waals surface area contributed by atoms with E-state index in [-0.39, 0.29) is 0 Å². The van der Waals surface area contributed by atoms with Crippen LogP contribution >= 0.6 is 11.6 Å². The lowest BCUT2D eigenvalue weighted by Crippen LogP contribution is -2.29. The second-order valence-corrected chi connectivity index (χ2v) is 4.62. The number of fused-ring (bicyclic) bond motifs is 1. The highest BCUT2D eigenvalue weighted by molar-refractivity contribution is 6.31. The standard InChI is InChI=1S/C12H18ClN3/c1-15-6-2-7-16(8-5-14)12-9-10(13)3-4-11(12)15/h3-4,9H,2,5-8,14H2,1H3. The Morgan fingerprint density at radius 1 is 1.31 bits per heavy atom. The van der Waals surface area contributed by atoms with E-state index in [9.17, 15) is 0 Å². The van der Waals surface area contributed by atoms with Crippen LogP contribution in [0.3, 0.4) is 0 Å². The van der Waals surface area contributed by atoms with Gasteiger partial charge >= 0.3 is 0 Å². The van der Waals surface area contributed by atoms with Gasteiger partial charge in [-0.15, -0.1) is 0 Å². The van der Waals surface area contributed by atoms with Crippen molar-refractivity contribution in [3.63, 3.8) is 0 Å². The first kappa shape index (κ1) is 11.6. The molecule has 1 aliphatic heterocycles. The predicted octanol–water partition coefficient (Wildman–Crippen LogP) is 1.95. The van der Waals surface area contributed by atoms with Crippen LogP contribution in [-0.2, 0) is 0 Å². The number of hydrogen-bond acceptors (Lipinski definition) is 3. The van der Waals surface area contributed by atoms with Gasteiger partial charge in [0.1, 0.15) is 0 Å². The zero-order valence-electron chi connectivity index (χ0n) is 9.62. The second-order valence-electron chi connectivity index (χ2n) is 4.18. The summed E-state index contributed by atoms with van der Waals surface area (Å²) in [7, 11) is 2.12. The molecular formula is C12H18ClN3. The molecular weight excluding hydrogens is 222 g/mol. The molecule has 0 aromatic heterocycles. The first-order chi connectivity index (χ1) is 7.72. The minimum Gasteiger partial charge on any atom is -0.373 e. The average molecular weight is 240 g/mol. The molecule has 0 bridgehead atoms. The highest BCUT2D eigenvalue weighted by Crippen LogP contribution is 2.33. The Bertz CT molecular complexity index is 367. The van der Waals surface area contributed by atoms with Crippen molar-refractivity contribution < 1.29 is 0 Å². The van der Waals surface area contributed by atoms with Crippen LogP contribution in [0.4, 0.5) is 11.4 Å². The molecule has 0 saturated heterocycles. The molecule has 0 unspecified atom stereocenters. The topological polar surface area (TPSA) is 32.5 Å². The lowest BCUT2D eigenvalue weighted by molar-refractivity contribution is 0.741. The average Bonchev–Trinajstić information content (AvgIpc) is 2.40. The Hall–Kier alpha value is -0.930. The van der Waals surface area contributed by atoms with Crippen molar-refractivity contribution in [1.29, 1.82) is 0 Å². The first-order valence-corrected chi connectivity index (χ1v) is 6.06. The minimum absolute atomic E-state index is 0.676. The Morgan fingerprint density at radius 2 is 2.12 bits per heavy atom. The maximum atomic E-state index is 6.07. The fourth-order valence-corrected chi connectivity index (χ4v) is 2.37. The molecule has 0 saturated carbocycles. The Morgan fingerprint density at radius 3 is 2.88 bits per heavy atom. The highest BCUT2D eigenvalue weighted by Gasteiger charge is 2.17. The van der Waals surface area contributed by atoms with Gasteiger partial charge in [0.05, 0.1) is 11.4 Å². The van der Waals surface area contributed by atoms with Crippen molar-refractivity contribution >= 4 is 23.0 Å². The third-order valence-corrected chi connectivity index (χ3v) is 3.25. The van der Waals surface area contributed by atoms with Gasteiger partial charge in [-0.25, -0.2) is 0 Å². The van der Waals surface area contributed by atoms with Gasteiger partial charge in [0.25, 0.3) is 0 Å². The summed E-state index contributed by atoms with van der Waals surface area (Å²) in [5, 5.41) is 0.788. The smallest absolute Gasteiger partial charge is 0.0619 e. The summed E-state index contributed by atoms with van der Waals surface area (Å²) in [4.78, 5) is 4.60. The van der Waals surface area contributed by atoms with Crippen molar-refractivity contribution in [1.82, 2.24) is 0 Å². The molecule has 1 aromatic carbocycles. The molecule has 88 valence electrons. The van der Waals surface area contributed by atoms with Gasteiger partial charge in [-0.05, 0) is 24.6 Å². The van der Waals surface area contributed by atoms with Gasteiger partial charge in [-0.2, -0.15) is 0 Å². The minimum atomic E-state index is 0.676. The first-order valence-electron chi connectivity index (χ1n) is 5.68. The van der Waals surface area contributed by atoms with Crippen LogP contribution in [0, 0.1) is 0 Å². The van der Waals surface area contributed by atoms with Crippen LogP contribution in [0.1, 0.15) is 6.42 Å². The van der Waals surface area contributed by atoms with E-state index in [2.05, 4.69) is 22.9 Å². The summed E-state index contributed by atoms with van der Waals surface area (Å²) in [5.74, 6) is 0. The third kappa shape index (κ3) is 2.25. The maximum absolute atomic E-state index is 6.07. The van der Waals surface area contributed by atoms with E-state index in [1.807, 2.05) is 12.1 Å². The molecule has 0 atom stereocenters. The van der Waals surface area contributed by atoms with E-state index < -0.39 is 0 Å². The molecule has 2 N–H and O–H groups in total. The normalized spacial score (nSPS) is 15.9. The van der Waals surface area contributed by atoms with E-state index in [0.717, 1.165) is 31.1 Å². The van der Waals surface area contributed by atoms with Crippen LogP contribution in [0.15, 0.2) is 18.2 Å². The molecule has 1 aliphatic rings. The molecule has 2 rings (SSSR count). The zero-order chi connectivity index (χ0) is 11.5. The van der Waals surface area contributed by atoms with Crippen LogP contribution in [0.5, 0.6) is 0 Å². The number of nitrogens with zero attached hydrogens (tertiary/aromatic N) is 2. The summed E-state index contributed by atoms with van der Waals surface area (Å²) in [6.45, 7) is 3.70. The Kier molecular flexibility index (Phi) is 3.56. The molecule has 1 heterocycles. The summed E-state index contributed by atoms with van der Waals surface area (Å²) < 4.78 is 0. The van der Waals surface area contributed by atoms with E-state index in [4.69, 9.17) is 17.3 Å². The SMILES string of the molecule is CN1CCCN(CCN)c2cc(Cl)ccc21. The molecule has 0 fully saturated rings. The van der Waals surface area contributed by atoms with Crippen molar-refractivity contribution in [2.45, 2.75) is 6.42 Å². The quantitative estimate of drug-likeness (QED) is 0.856. The number of nitrogens with two attached hydrogens (primary N) is 1. The maximum Gasteiger partial charge on any atom is 0.0619 e. The van der Waals surface area contributed by atoms with Crippen LogP contribution in [-0.4, -0.2) is 33.2 Å². The monoisotopic (exact) mass is 239 g/mol. The largest absolute Gasteiger partial charge is 0.373 e. The molecule has 0 amide bonds. The number of rotatable bonds is 2. The Labute approximate surface area is 102 Å². The summed E-state index contributed by atoms with van der Waals surface area (Å²) in [5.41, 5.74) is 8.10. The molecule has 0 spiro atoms. The van der Waals surface area contributed by atoms with Gasteiger partial charge in [0.15, 0.2) is 0 Å². The summed E-state index contributed by atoms with van der Waals surface area (Å²) in [6, 6.07) is 6.07. The fraction of sp³-hybridized carbons (Fsp3) is 0.500. The lowest BCUT2D eigenvalue weighted by atomic mass is 10.2. The summed E-state index contributed by atoms with van der Waals surface area (Å²) in [6.07, 6.45) is 1.16.